The third-order valence-corrected chi connectivity index (χ3v) is 5.54. The summed E-state index contributed by atoms with van der Waals surface area (Å²) in [4.78, 5) is 17.7. The van der Waals surface area contributed by atoms with Crippen molar-refractivity contribution in [2.24, 2.45) is 13.0 Å². The van der Waals surface area contributed by atoms with Crippen LogP contribution in [0.2, 0.25) is 0 Å². The topological polar surface area (TPSA) is 41.4 Å². The molecule has 0 radical (unpaired) electrons. The molecular formula is C20H26N4O. The number of benzene rings is 1. The van der Waals surface area contributed by atoms with Crippen molar-refractivity contribution in [2.75, 3.05) is 19.6 Å². The maximum Gasteiger partial charge on any atom is 0.257 e. The van der Waals surface area contributed by atoms with Gasteiger partial charge in [0.2, 0.25) is 0 Å². The van der Waals surface area contributed by atoms with Crippen molar-refractivity contribution in [3.05, 3.63) is 53.3 Å². The lowest BCUT2D eigenvalue weighted by molar-refractivity contribution is 0.0584. The quantitative estimate of drug-likeness (QED) is 0.863. The average molecular weight is 338 g/mol. The van der Waals surface area contributed by atoms with Gasteiger partial charge in [0.15, 0.2) is 0 Å². The van der Waals surface area contributed by atoms with E-state index >= 15 is 0 Å². The fourth-order valence-electron chi connectivity index (χ4n) is 4.36. The largest absolute Gasteiger partial charge is 0.334 e. The van der Waals surface area contributed by atoms with E-state index in [0.29, 0.717) is 12.0 Å². The van der Waals surface area contributed by atoms with Gasteiger partial charge in [0.05, 0.1) is 11.3 Å². The maximum atomic E-state index is 13.1. The molecule has 5 nitrogen and oxygen atoms in total. The van der Waals surface area contributed by atoms with Gasteiger partial charge in [0, 0.05) is 45.5 Å². The van der Waals surface area contributed by atoms with E-state index in [1.165, 1.54) is 12.0 Å². The first kappa shape index (κ1) is 16.3. The minimum Gasteiger partial charge on any atom is -0.334 e. The van der Waals surface area contributed by atoms with Crippen LogP contribution in [0, 0.1) is 12.8 Å². The van der Waals surface area contributed by atoms with Crippen LogP contribution in [0.15, 0.2) is 36.5 Å². The first-order valence-corrected chi connectivity index (χ1v) is 9.17. The normalized spacial score (nSPS) is 23.7. The van der Waals surface area contributed by atoms with Crippen molar-refractivity contribution in [2.45, 2.75) is 32.4 Å². The van der Waals surface area contributed by atoms with Crippen LogP contribution >= 0.6 is 0 Å². The van der Waals surface area contributed by atoms with Crippen molar-refractivity contribution in [3.63, 3.8) is 0 Å². The van der Waals surface area contributed by atoms with Crippen LogP contribution in [0.5, 0.6) is 0 Å². The summed E-state index contributed by atoms with van der Waals surface area (Å²) in [6.07, 6.45) is 4.20. The fourth-order valence-corrected chi connectivity index (χ4v) is 4.36. The van der Waals surface area contributed by atoms with Crippen molar-refractivity contribution in [3.8, 4) is 0 Å². The van der Waals surface area contributed by atoms with E-state index in [1.807, 2.05) is 20.2 Å². The Balaban J connectivity index is 1.51. The van der Waals surface area contributed by atoms with Gasteiger partial charge >= 0.3 is 0 Å². The number of aryl methyl sites for hydroxylation is 2. The van der Waals surface area contributed by atoms with Gasteiger partial charge in [-0.05, 0) is 31.2 Å². The minimum absolute atomic E-state index is 0.155. The van der Waals surface area contributed by atoms with E-state index in [-0.39, 0.29) is 5.91 Å². The van der Waals surface area contributed by atoms with E-state index in [9.17, 15) is 4.79 Å². The first-order chi connectivity index (χ1) is 12.1. The third-order valence-electron chi connectivity index (χ3n) is 5.54. The molecule has 4 heterocycles. The summed E-state index contributed by atoms with van der Waals surface area (Å²) in [7, 11) is 1.87. The number of hydrogen-bond donors (Lipinski definition) is 0. The highest BCUT2D eigenvalue weighted by Crippen LogP contribution is 2.30. The minimum atomic E-state index is 0.155. The SMILES string of the molecule is Cc1nn(C)cc1C(=O)N1C[C@H]2CC[C@@H]1CN(Cc1ccccc1)C2. The molecule has 1 aromatic carbocycles. The first-order valence-electron chi connectivity index (χ1n) is 9.17. The van der Waals surface area contributed by atoms with Crippen molar-refractivity contribution in [1.29, 1.82) is 0 Å². The molecule has 0 saturated carbocycles. The molecule has 0 unspecified atom stereocenters. The lowest BCUT2D eigenvalue weighted by Gasteiger charge is -2.36. The van der Waals surface area contributed by atoms with Crippen molar-refractivity contribution in [1.82, 2.24) is 19.6 Å². The van der Waals surface area contributed by atoms with E-state index in [1.54, 1.807) is 4.68 Å². The highest BCUT2D eigenvalue weighted by molar-refractivity contribution is 5.95. The molecule has 5 heteroatoms. The van der Waals surface area contributed by atoms with Gasteiger partial charge in [-0.15, -0.1) is 0 Å². The van der Waals surface area contributed by atoms with Gasteiger partial charge in [-0.1, -0.05) is 30.3 Å². The summed E-state index contributed by atoms with van der Waals surface area (Å²) in [5.41, 5.74) is 2.93. The van der Waals surface area contributed by atoms with Gasteiger partial charge < -0.3 is 4.90 Å². The molecule has 3 aliphatic rings. The Kier molecular flexibility index (Phi) is 4.34. The molecule has 132 valence electrons. The Morgan fingerprint density at radius 1 is 1.16 bits per heavy atom. The van der Waals surface area contributed by atoms with Crippen LogP contribution in [0.4, 0.5) is 0 Å². The summed E-state index contributed by atoms with van der Waals surface area (Å²) in [5.74, 6) is 0.727. The second-order valence-corrected chi connectivity index (χ2v) is 7.54. The molecule has 25 heavy (non-hydrogen) atoms. The molecule has 0 aliphatic carbocycles. The number of amides is 1. The second kappa shape index (κ2) is 6.64. The molecule has 5 rings (SSSR count). The number of fused-ring (bicyclic) bond motifs is 4. The Labute approximate surface area is 149 Å². The summed E-state index contributed by atoms with van der Waals surface area (Å²) < 4.78 is 1.74. The van der Waals surface area contributed by atoms with Gasteiger partial charge in [0.1, 0.15) is 0 Å². The number of hydrogen-bond acceptors (Lipinski definition) is 3. The molecule has 1 amide bonds. The number of carbonyl (C=O) groups excluding carboxylic acids is 1. The van der Waals surface area contributed by atoms with Gasteiger partial charge in [-0.2, -0.15) is 5.10 Å². The van der Waals surface area contributed by atoms with Gasteiger partial charge in [0.25, 0.3) is 5.91 Å². The van der Waals surface area contributed by atoms with E-state index < -0.39 is 0 Å². The fraction of sp³-hybridized carbons (Fsp3) is 0.500. The Morgan fingerprint density at radius 3 is 2.68 bits per heavy atom. The van der Waals surface area contributed by atoms with Gasteiger partial charge in [-0.3, -0.25) is 14.4 Å². The molecule has 3 saturated heterocycles. The van der Waals surface area contributed by atoms with Crippen LogP contribution in [0.1, 0.15) is 34.5 Å². The zero-order chi connectivity index (χ0) is 17.4. The molecule has 3 aliphatic heterocycles. The lowest BCUT2D eigenvalue weighted by Crippen LogP contribution is -2.47. The smallest absolute Gasteiger partial charge is 0.257 e. The molecular weight excluding hydrogens is 312 g/mol. The average Bonchev–Trinajstić information content (AvgIpc) is 2.76. The zero-order valence-corrected chi connectivity index (χ0v) is 15.1. The van der Waals surface area contributed by atoms with Crippen LogP contribution in [-0.2, 0) is 13.6 Å². The van der Waals surface area contributed by atoms with Crippen LogP contribution in [0.3, 0.4) is 0 Å². The van der Waals surface area contributed by atoms with Crippen LogP contribution in [0.25, 0.3) is 0 Å². The number of nitrogens with zero attached hydrogens (tertiary/aromatic N) is 4. The number of rotatable bonds is 3. The van der Waals surface area contributed by atoms with Gasteiger partial charge in [-0.25, -0.2) is 0 Å². The van der Waals surface area contributed by atoms with Crippen LogP contribution < -0.4 is 0 Å². The molecule has 2 aromatic rings. The summed E-state index contributed by atoms with van der Waals surface area (Å²) in [6, 6.07) is 11.0. The lowest BCUT2D eigenvalue weighted by atomic mass is 9.94. The highest BCUT2D eigenvalue weighted by atomic mass is 16.2. The standard InChI is InChI=1S/C20H26N4O/c1-15-19(14-22(2)21-15)20(25)24-12-17-8-9-18(24)13-23(11-17)10-16-6-4-3-5-7-16/h3-7,14,17-18H,8-13H2,1-2H3/t17-,18+/m0/s1. The Hall–Kier alpha value is -2.14. The maximum absolute atomic E-state index is 13.1. The molecule has 0 spiro atoms. The van der Waals surface area contributed by atoms with E-state index in [0.717, 1.165) is 43.9 Å². The third kappa shape index (κ3) is 3.33. The monoisotopic (exact) mass is 338 g/mol. The molecule has 2 bridgehead atoms. The predicted octanol–water partition coefficient (Wildman–Crippen LogP) is 2.47. The summed E-state index contributed by atoms with van der Waals surface area (Å²) in [6.45, 7) is 5.83. The van der Waals surface area contributed by atoms with Crippen molar-refractivity contribution < 1.29 is 4.79 Å². The van der Waals surface area contributed by atoms with E-state index in [2.05, 4.69) is 45.2 Å². The predicted molar refractivity (Wildman–Crippen MR) is 97.2 cm³/mol. The van der Waals surface area contributed by atoms with E-state index in [4.69, 9.17) is 0 Å². The summed E-state index contributed by atoms with van der Waals surface area (Å²) >= 11 is 0. The zero-order valence-electron chi connectivity index (χ0n) is 15.1. The molecule has 0 N–H and O–H groups in total. The summed E-state index contributed by atoms with van der Waals surface area (Å²) in [5, 5.41) is 4.34. The number of aromatic nitrogens is 2. The molecule has 3 fully saturated rings. The Morgan fingerprint density at radius 2 is 1.96 bits per heavy atom. The molecule has 1 aromatic heterocycles. The highest BCUT2D eigenvalue weighted by Gasteiger charge is 2.38. The number of piperidine rings is 1. The molecule has 2 atom stereocenters. The second-order valence-electron chi connectivity index (χ2n) is 7.54. The Bertz CT molecular complexity index is 754. The van der Waals surface area contributed by atoms with Crippen molar-refractivity contribution >= 4 is 5.91 Å². The van der Waals surface area contributed by atoms with Crippen LogP contribution in [-0.4, -0.2) is 51.2 Å². The number of carbonyl (C=O) groups is 1.